The monoisotopic (exact) mass is 312 g/mol. The van der Waals surface area contributed by atoms with Crippen molar-refractivity contribution in [2.45, 2.75) is 32.7 Å². The smallest absolute Gasteiger partial charge is 0.191 e. The number of aliphatic imine (C=N–C) groups is 1. The average Bonchev–Trinajstić information content (AvgIpc) is 2.44. The van der Waals surface area contributed by atoms with Gasteiger partial charge in [0.2, 0.25) is 0 Å². The van der Waals surface area contributed by atoms with Gasteiger partial charge in [-0.15, -0.1) is 0 Å². The molecule has 0 aromatic heterocycles. The molecule has 0 aliphatic rings. The molecule has 1 aromatic carbocycles. The van der Waals surface area contributed by atoms with Crippen molar-refractivity contribution in [1.82, 2.24) is 16.0 Å². The molecule has 0 saturated heterocycles. The Morgan fingerprint density at radius 2 is 1.77 bits per heavy atom. The molecule has 0 fully saturated rings. The van der Waals surface area contributed by atoms with E-state index in [0.717, 1.165) is 25.2 Å². The third-order valence-electron chi connectivity index (χ3n) is 2.99. The largest absolute Gasteiger partial charge is 0.356 e. The molecule has 22 heavy (non-hydrogen) atoms. The standard InChI is InChI=1S/C16H26F2N4/c1-16(2,3)22-10-9-21-15(19-4)20-8-7-12-11-13(17)5-6-14(12)18/h5-6,11,22H,7-10H2,1-4H3,(H2,19,20,21). The molecule has 124 valence electrons. The molecule has 0 amide bonds. The third-order valence-corrected chi connectivity index (χ3v) is 2.99. The van der Waals surface area contributed by atoms with E-state index in [4.69, 9.17) is 0 Å². The van der Waals surface area contributed by atoms with Gasteiger partial charge >= 0.3 is 0 Å². The van der Waals surface area contributed by atoms with E-state index in [1.807, 2.05) is 0 Å². The highest BCUT2D eigenvalue weighted by Gasteiger charge is 2.08. The summed E-state index contributed by atoms with van der Waals surface area (Å²) >= 11 is 0. The van der Waals surface area contributed by atoms with E-state index in [1.165, 1.54) is 6.07 Å². The molecule has 0 aliphatic heterocycles. The summed E-state index contributed by atoms with van der Waals surface area (Å²) in [5.41, 5.74) is 0.436. The lowest BCUT2D eigenvalue weighted by Crippen LogP contribution is -2.44. The van der Waals surface area contributed by atoms with Gasteiger partial charge in [0.25, 0.3) is 0 Å². The highest BCUT2D eigenvalue weighted by Crippen LogP contribution is 2.09. The summed E-state index contributed by atoms with van der Waals surface area (Å²) in [6.07, 6.45) is 0.393. The van der Waals surface area contributed by atoms with Crippen molar-refractivity contribution in [3.05, 3.63) is 35.4 Å². The first-order valence-electron chi connectivity index (χ1n) is 7.45. The van der Waals surface area contributed by atoms with Crippen molar-refractivity contribution in [2.24, 2.45) is 4.99 Å². The van der Waals surface area contributed by atoms with Gasteiger partial charge in [0.1, 0.15) is 11.6 Å². The number of nitrogens with one attached hydrogen (secondary N) is 3. The second kappa shape index (κ2) is 8.68. The van der Waals surface area contributed by atoms with Crippen LogP contribution < -0.4 is 16.0 Å². The van der Waals surface area contributed by atoms with Crippen LogP contribution >= 0.6 is 0 Å². The second-order valence-corrected chi connectivity index (χ2v) is 6.09. The van der Waals surface area contributed by atoms with Crippen molar-refractivity contribution in [2.75, 3.05) is 26.7 Å². The number of rotatable bonds is 6. The van der Waals surface area contributed by atoms with E-state index >= 15 is 0 Å². The summed E-state index contributed by atoms with van der Waals surface area (Å²) in [7, 11) is 1.68. The van der Waals surface area contributed by atoms with Gasteiger partial charge in [-0.1, -0.05) is 0 Å². The maximum absolute atomic E-state index is 13.5. The lowest BCUT2D eigenvalue weighted by atomic mass is 10.1. The Morgan fingerprint density at radius 1 is 1.09 bits per heavy atom. The molecule has 4 nitrogen and oxygen atoms in total. The van der Waals surface area contributed by atoms with Crippen molar-refractivity contribution in [1.29, 1.82) is 0 Å². The molecule has 0 atom stereocenters. The van der Waals surface area contributed by atoms with Crippen molar-refractivity contribution in [3.63, 3.8) is 0 Å². The van der Waals surface area contributed by atoms with Crippen LogP contribution in [0.5, 0.6) is 0 Å². The predicted molar refractivity (Wildman–Crippen MR) is 87.2 cm³/mol. The van der Waals surface area contributed by atoms with Crippen LogP contribution in [0.2, 0.25) is 0 Å². The molecule has 6 heteroatoms. The Kier molecular flexibility index (Phi) is 7.24. The van der Waals surface area contributed by atoms with Gasteiger partial charge in [0.15, 0.2) is 5.96 Å². The fourth-order valence-corrected chi connectivity index (χ4v) is 1.89. The summed E-state index contributed by atoms with van der Waals surface area (Å²) in [5, 5.41) is 9.61. The molecule has 1 rings (SSSR count). The third kappa shape index (κ3) is 7.36. The summed E-state index contributed by atoms with van der Waals surface area (Å²) in [6.45, 7) is 8.33. The number of hydrogen-bond acceptors (Lipinski definition) is 2. The molecule has 3 N–H and O–H groups in total. The Bertz CT molecular complexity index is 495. The second-order valence-electron chi connectivity index (χ2n) is 6.09. The van der Waals surface area contributed by atoms with E-state index in [9.17, 15) is 8.78 Å². The highest BCUT2D eigenvalue weighted by molar-refractivity contribution is 5.79. The molecule has 0 spiro atoms. The minimum absolute atomic E-state index is 0.0769. The molecular formula is C16H26F2N4. The Hall–Kier alpha value is -1.69. The van der Waals surface area contributed by atoms with Gasteiger partial charge in [-0.05, 0) is 51.0 Å². The summed E-state index contributed by atoms with van der Waals surface area (Å²) in [4.78, 5) is 4.09. The van der Waals surface area contributed by atoms with Gasteiger partial charge in [0, 0.05) is 32.2 Å². The SMILES string of the molecule is CN=C(NCCNC(C)(C)C)NCCc1cc(F)ccc1F. The Labute approximate surface area is 131 Å². The van der Waals surface area contributed by atoms with Crippen LogP contribution in [0, 0.1) is 11.6 Å². The Morgan fingerprint density at radius 3 is 2.41 bits per heavy atom. The van der Waals surface area contributed by atoms with Crippen molar-refractivity contribution >= 4 is 5.96 Å². The first-order valence-corrected chi connectivity index (χ1v) is 7.45. The van der Waals surface area contributed by atoms with Crippen molar-refractivity contribution in [3.8, 4) is 0 Å². The van der Waals surface area contributed by atoms with E-state index in [2.05, 4.69) is 41.7 Å². The van der Waals surface area contributed by atoms with E-state index in [0.29, 0.717) is 24.5 Å². The Balaban J connectivity index is 2.31. The van der Waals surface area contributed by atoms with Gasteiger partial charge in [0.05, 0.1) is 0 Å². The molecule has 0 aliphatic carbocycles. The first kappa shape index (κ1) is 18.4. The van der Waals surface area contributed by atoms with E-state index < -0.39 is 5.82 Å². The fourth-order valence-electron chi connectivity index (χ4n) is 1.89. The minimum Gasteiger partial charge on any atom is -0.356 e. The number of nitrogens with zero attached hydrogens (tertiary/aromatic N) is 1. The minimum atomic E-state index is -0.424. The van der Waals surface area contributed by atoms with Crippen LogP contribution in [0.15, 0.2) is 23.2 Å². The zero-order valence-electron chi connectivity index (χ0n) is 13.8. The summed E-state index contributed by atoms with van der Waals surface area (Å²) in [5.74, 6) is -0.166. The molecule has 1 aromatic rings. The predicted octanol–water partition coefficient (Wildman–Crippen LogP) is 2.06. The summed E-state index contributed by atoms with van der Waals surface area (Å²) < 4.78 is 26.6. The van der Waals surface area contributed by atoms with Crippen LogP contribution in [0.4, 0.5) is 8.78 Å². The molecule has 0 unspecified atom stereocenters. The first-order chi connectivity index (χ1) is 10.3. The molecule has 0 saturated carbocycles. The molecule has 0 heterocycles. The van der Waals surface area contributed by atoms with Crippen LogP contribution in [-0.2, 0) is 6.42 Å². The molecule has 0 bridgehead atoms. The molecular weight excluding hydrogens is 286 g/mol. The normalized spacial score (nSPS) is 12.4. The van der Waals surface area contributed by atoms with Crippen LogP contribution in [0.3, 0.4) is 0 Å². The van der Waals surface area contributed by atoms with E-state index in [1.54, 1.807) is 7.05 Å². The number of guanidine groups is 1. The lowest BCUT2D eigenvalue weighted by Gasteiger charge is -2.21. The van der Waals surface area contributed by atoms with Gasteiger partial charge in [-0.25, -0.2) is 8.78 Å². The topological polar surface area (TPSA) is 48.5 Å². The maximum Gasteiger partial charge on any atom is 0.191 e. The van der Waals surface area contributed by atoms with Gasteiger partial charge in [-0.2, -0.15) is 0 Å². The quantitative estimate of drug-likeness (QED) is 0.428. The lowest BCUT2D eigenvalue weighted by molar-refractivity contribution is 0.428. The molecule has 0 radical (unpaired) electrons. The van der Waals surface area contributed by atoms with Gasteiger partial charge in [-0.3, -0.25) is 4.99 Å². The fraction of sp³-hybridized carbons (Fsp3) is 0.562. The zero-order chi connectivity index (χ0) is 16.6. The number of hydrogen-bond donors (Lipinski definition) is 3. The summed E-state index contributed by atoms with van der Waals surface area (Å²) in [6, 6.07) is 3.49. The highest BCUT2D eigenvalue weighted by atomic mass is 19.1. The van der Waals surface area contributed by atoms with Crippen molar-refractivity contribution < 1.29 is 8.78 Å². The average molecular weight is 312 g/mol. The maximum atomic E-state index is 13.5. The van der Waals surface area contributed by atoms with E-state index in [-0.39, 0.29) is 11.4 Å². The number of halogens is 2. The number of benzene rings is 1. The van der Waals surface area contributed by atoms with Crippen LogP contribution in [0.1, 0.15) is 26.3 Å². The van der Waals surface area contributed by atoms with Crippen LogP contribution in [-0.4, -0.2) is 38.2 Å². The van der Waals surface area contributed by atoms with Crippen LogP contribution in [0.25, 0.3) is 0 Å². The van der Waals surface area contributed by atoms with Gasteiger partial charge < -0.3 is 16.0 Å². The zero-order valence-corrected chi connectivity index (χ0v) is 13.8.